The molecule has 2 nitrogen and oxygen atoms in total. The van der Waals surface area contributed by atoms with Crippen molar-refractivity contribution in [2.75, 3.05) is 19.6 Å². The van der Waals surface area contributed by atoms with Crippen LogP contribution in [0.3, 0.4) is 0 Å². The van der Waals surface area contributed by atoms with Crippen molar-refractivity contribution in [3.63, 3.8) is 0 Å². The quantitative estimate of drug-likeness (QED) is 0.276. The zero-order chi connectivity index (χ0) is 16.1. The maximum absolute atomic E-state index is 5.44. The first-order valence-corrected chi connectivity index (χ1v) is 11.7. The molecule has 0 aromatic heterocycles. The molecule has 0 spiro atoms. The molecular formula is C19H44N2Si. The van der Waals surface area contributed by atoms with Gasteiger partial charge in [-0.3, -0.25) is 0 Å². The monoisotopic (exact) mass is 328 g/mol. The smallest absolute Gasteiger partial charge is 0.00745 e. The molecule has 0 saturated heterocycles. The van der Waals surface area contributed by atoms with Crippen molar-refractivity contribution in [1.82, 2.24) is 5.32 Å². The van der Waals surface area contributed by atoms with E-state index in [9.17, 15) is 0 Å². The Hall–Kier alpha value is 0.137. The van der Waals surface area contributed by atoms with Crippen LogP contribution in [0.4, 0.5) is 0 Å². The minimum atomic E-state index is 0.764. The van der Waals surface area contributed by atoms with E-state index in [-0.39, 0.29) is 0 Å². The van der Waals surface area contributed by atoms with Gasteiger partial charge in [0.2, 0.25) is 0 Å². The predicted molar refractivity (Wildman–Crippen MR) is 106 cm³/mol. The molecule has 134 valence electrons. The molecule has 3 N–H and O–H groups in total. The highest BCUT2D eigenvalue weighted by Gasteiger charge is 1.94. The van der Waals surface area contributed by atoms with E-state index < -0.39 is 0 Å². The minimum Gasteiger partial charge on any atom is -0.329 e. The molecule has 0 rings (SSSR count). The summed E-state index contributed by atoms with van der Waals surface area (Å²) in [4.78, 5) is 0. The summed E-state index contributed by atoms with van der Waals surface area (Å²) in [6.45, 7) is 2.89. The fraction of sp³-hybridized carbons (Fsp3) is 1.00. The summed E-state index contributed by atoms with van der Waals surface area (Å²) in [5.41, 5.74) is 5.44. The van der Waals surface area contributed by atoms with E-state index in [1.807, 2.05) is 0 Å². The van der Waals surface area contributed by atoms with E-state index in [4.69, 9.17) is 5.73 Å². The average molecular weight is 329 g/mol. The molecule has 22 heavy (non-hydrogen) atoms. The van der Waals surface area contributed by atoms with Crippen LogP contribution in [0.25, 0.3) is 0 Å². The molecule has 0 radical (unpaired) electrons. The average Bonchev–Trinajstić information content (AvgIpc) is 2.54. The first kappa shape index (κ1) is 22.1. The summed E-state index contributed by atoms with van der Waals surface area (Å²) in [7, 11) is 1.40. The topological polar surface area (TPSA) is 38.0 Å². The molecule has 0 aliphatic carbocycles. The Morgan fingerprint density at radius 3 is 1.23 bits per heavy atom. The maximum atomic E-state index is 5.44. The minimum absolute atomic E-state index is 0.764. The van der Waals surface area contributed by atoms with E-state index in [0.29, 0.717) is 0 Å². The lowest BCUT2D eigenvalue weighted by Gasteiger charge is -2.04. The highest BCUT2D eigenvalue weighted by molar-refractivity contribution is 6.08. The number of rotatable bonds is 19. The highest BCUT2D eigenvalue weighted by atomic mass is 28.1. The van der Waals surface area contributed by atoms with Gasteiger partial charge in [0.1, 0.15) is 0 Å². The van der Waals surface area contributed by atoms with Gasteiger partial charge in [0, 0.05) is 23.3 Å². The van der Waals surface area contributed by atoms with Crippen molar-refractivity contribution < 1.29 is 0 Å². The summed E-state index contributed by atoms with van der Waals surface area (Å²) in [6.07, 6.45) is 21.8. The lowest BCUT2D eigenvalue weighted by Crippen LogP contribution is -2.23. The summed E-state index contributed by atoms with van der Waals surface area (Å²) in [5.74, 6) is 0. The third-order valence-electron chi connectivity index (χ3n) is 4.53. The Bertz CT molecular complexity index is 168. The molecule has 0 amide bonds. The molecule has 0 aromatic carbocycles. The van der Waals surface area contributed by atoms with Crippen LogP contribution in [0, 0.1) is 0 Å². The van der Waals surface area contributed by atoms with Gasteiger partial charge in [-0.2, -0.15) is 0 Å². The van der Waals surface area contributed by atoms with E-state index in [0.717, 1.165) is 19.6 Å². The van der Waals surface area contributed by atoms with Gasteiger partial charge in [0.25, 0.3) is 0 Å². The summed E-state index contributed by atoms with van der Waals surface area (Å²) in [5, 5.41) is 3.36. The summed E-state index contributed by atoms with van der Waals surface area (Å²) in [6, 6.07) is 1.51. The molecule has 0 atom stereocenters. The first-order valence-electron chi connectivity index (χ1n) is 10.3. The van der Waals surface area contributed by atoms with Gasteiger partial charge < -0.3 is 11.1 Å². The Labute approximate surface area is 143 Å². The lowest BCUT2D eigenvalue weighted by molar-refractivity contribution is 0.528. The number of nitrogens with two attached hydrogens (primary N) is 1. The van der Waals surface area contributed by atoms with Crippen LogP contribution in [0.1, 0.15) is 96.3 Å². The number of unbranched alkanes of at least 4 members (excludes halogenated alkanes) is 14. The van der Waals surface area contributed by atoms with E-state index in [1.54, 1.807) is 0 Å². The molecule has 0 heterocycles. The van der Waals surface area contributed by atoms with Crippen molar-refractivity contribution >= 4 is 10.2 Å². The van der Waals surface area contributed by atoms with Crippen molar-refractivity contribution in [3.8, 4) is 0 Å². The molecule has 0 aliphatic rings. The number of hydrogen-bond acceptors (Lipinski definition) is 2. The Kier molecular flexibility index (Phi) is 21.3. The van der Waals surface area contributed by atoms with Crippen molar-refractivity contribution in [3.05, 3.63) is 0 Å². The second-order valence-corrected chi connectivity index (χ2v) is 7.84. The zero-order valence-electron chi connectivity index (χ0n) is 15.5. The van der Waals surface area contributed by atoms with Crippen molar-refractivity contribution in [2.24, 2.45) is 5.73 Å². The SMILES string of the molecule is NCCNCCCCCCCCCCCCCCCCC[SiH3]. The molecule has 0 fully saturated rings. The third-order valence-corrected chi connectivity index (χ3v) is 5.24. The van der Waals surface area contributed by atoms with Gasteiger partial charge in [-0.15, -0.1) is 0 Å². The second kappa shape index (κ2) is 21.1. The molecule has 0 aromatic rings. The van der Waals surface area contributed by atoms with E-state index in [2.05, 4.69) is 5.32 Å². The van der Waals surface area contributed by atoms with Gasteiger partial charge >= 0.3 is 0 Å². The van der Waals surface area contributed by atoms with Crippen LogP contribution >= 0.6 is 0 Å². The Balaban J connectivity index is 2.91. The van der Waals surface area contributed by atoms with Crippen LogP contribution < -0.4 is 11.1 Å². The molecule has 0 unspecified atom stereocenters. The second-order valence-electron chi connectivity index (χ2n) is 6.84. The third kappa shape index (κ3) is 20.1. The number of nitrogens with one attached hydrogen (secondary N) is 1. The summed E-state index contributed by atoms with van der Waals surface area (Å²) >= 11 is 0. The normalized spacial score (nSPS) is 11.3. The van der Waals surface area contributed by atoms with E-state index >= 15 is 0 Å². The Morgan fingerprint density at radius 1 is 0.500 bits per heavy atom. The van der Waals surface area contributed by atoms with Crippen LogP contribution in [0.5, 0.6) is 0 Å². The lowest BCUT2D eigenvalue weighted by atomic mass is 10.0. The van der Waals surface area contributed by atoms with Crippen LogP contribution in [-0.2, 0) is 0 Å². The fourth-order valence-corrected chi connectivity index (χ4v) is 3.53. The zero-order valence-corrected chi connectivity index (χ0v) is 17.5. The van der Waals surface area contributed by atoms with Gasteiger partial charge in [-0.25, -0.2) is 0 Å². The molecule has 0 bridgehead atoms. The molecule has 3 heteroatoms. The standard InChI is InChI=1S/C19H44N2Si/c20-16-18-21-17-14-12-10-8-6-4-2-1-3-5-7-9-11-13-15-19-22/h21H,1-20H2,22H3. The van der Waals surface area contributed by atoms with Gasteiger partial charge in [-0.05, 0) is 13.0 Å². The fourth-order valence-electron chi connectivity index (χ4n) is 3.03. The predicted octanol–water partition coefficient (Wildman–Crippen LogP) is 4.17. The molecule has 0 saturated carbocycles. The van der Waals surface area contributed by atoms with Gasteiger partial charge in [0.05, 0.1) is 0 Å². The highest BCUT2D eigenvalue weighted by Crippen LogP contribution is 2.13. The van der Waals surface area contributed by atoms with Gasteiger partial charge in [0.15, 0.2) is 0 Å². The maximum Gasteiger partial charge on any atom is 0.00745 e. The summed E-state index contributed by atoms with van der Waals surface area (Å²) < 4.78 is 0. The van der Waals surface area contributed by atoms with Gasteiger partial charge in [-0.1, -0.05) is 95.9 Å². The van der Waals surface area contributed by atoms with Crippen molar-refractivity contribution in [2.45, 2.75) is 102 Å². The van der Waals surface area contributed by atoms with E-state index in [1.165, 1.54) is 113 Å². The first-order chi connectivity index (χ1) is 10.9. The van der Waals surface area contributed by atoms with Crippen LogP contribution in [-0.4, -0.2) is 29.9 Å². The number of hydrogen-bond donors (Lipinski definition) is 2. The largest absolute Gasteiger partial charge is 0.329 e. The Morgan fingerprint density at radius 2 is 0.864 bits per heavy atom. The van der Waals surface area contributed by atoms with Crippen LogP contribution in [0.15, 0.2) is 0 Å². The molecular weight excluding hydrogens is 284 g/mol. The van der Waals surface area contributed by atoms with Crippen LogP contribution in [0.2, 0.25) is 6.04 Å². The molecule has 0 aliphatic heterocycles. The van der Waals surface area contributed by atoms with Crippen molar-refractivity contribution in [1.29, 1.82) is 0 Å².